The lowest BCUT2D eigenvalue weighted by Gasteiger charge is -2.10. The second-order valence-corrected chi connectivity index (χ2v) is 4.04. The van der Waals surface area contributed by atoms with Gasteiger partial charge < -0.3 is 9.84 Å². The van der Waals surface area contributed by atoms with E-state index in [1.807, 2.05) is 0 Å². The molecule has 0 aliphatic carbocycles. The molecule has 4 nitrogen and oxygen atoms in total. The number of methoxy groups -OCH3 is 1. The monoisotopic (exact) mass is 254 g/mol. The van der Waals surface area contributed by atoms with Crippen molar-refractivity contribution >= 4 is 11.7 Å². The van der Waals surface area contributed by atoms with Crippen molar-refractivity contribution in [2.75, 3.05) is 7.11 Å². The molecule has 0 radical (unpaired) electrons. The third-order valence-corrected chi connectivity index (χ3v) is 2.89. The molecule has 1 unspecified atom stereocenters. The highest BCUT2D eigenvalue weighted by Crippen LogP contribution is 2.24. The predicted octanol–water partition coefficient (Wildman–Crippen LogP) is 1.96. The Morgan fingerprint density at radius 1 is 1.53 bits per heavy atom. The molecule has 1 heterocycles. The van der Waals surface area contributed by atoms with Crippen LogP contribution in [0.25, 0.3) is 0 Å². The maximum atomic E-state index is 13.8. The van der Waals surface area contributed by atoms with Gasteiger partial charge in [-0.1, -0.05) is 12.1 Å². The van der Waals surface area contributed by atoms with Gasteiger partial charge in [0.25, 0.3) is 0 Å². The molecule has 90 valence electrons. The third-order valence-electron chi connectivity index (χ3n) is 2.40. The number of hydrogen-bond donors (Lipinski definition) is 1. The van der Waals surface area contributed by atoms with Gasteiger partial charge in [-0.2, -0.15) is 8.75 Å². The number of aromatic nitrogens is 2. The Kier molecular flexibility index (Phi) is 3.65. The molecule has 0 fully saturated rings. The number of ether oxygens (including phenoxy) is 1. The Labute approximate surface area is 102 Å². The van der Waals surface area contributed by atoms with E-state index < -0.39 is 11.9 Å². The van der Waals surface area contributed by atoms with Gasteiger partial charge in [0.15, 0.2) is 11.6 Å². The number of aliphatic hydroxyl groups is 1. The van der Waals surface area contributed by atoms with E-state index in [4.69, 9.17) is 4.74 Å². The number of aliphatic hydroxyl groups excluding tert-OH is 1. The first-order chi connectivity index (χ1) is 8.22. The molecule has 0 bridgehead atoms. The van der Waals surface area contributed by atoms with E-state index in [2.05, 4.69) is 8.75 Å². The number of halogens is 1. The molecule has 1 N–H and O–H groups in total. The van der Waals surface area contributed by atoms with Crippen molar-refractivity contribution in [1.82, 2.24) is 8.75 Å². The number of rotatable bonds is 4. The highest BCUT2D eigenvalue weighted by molar-refractivity contribution is 6.99. The lowest BCUT2D eigenvalue weighted by molar-refractivity contribution is 0.173. The van der Waals surface area contributed by atoms with Gasteiger partial charge in [0.05, 0.1) is 25.0 Å². The van der Waals surface area contributed by atoms with Crippen LogP contribution in [0.5, 0.6) is 5.75 Å². The van der Waals surface area contributed by atoms with E-state index in [0.29, 0.717) is 11.3 Å². The fourth-order valence-electron chi connectivity index (χ4n) is 1.50. The fourth-order valence-corrected chi connectivity index (χ4v) is 1.97. The van der Waals surface area contributed by atoms with E-state index >= 15 is 0 Å². The van der Waals surface area contributed by atoms with E-state index in [-0.39, 0.29) is 12.2 Å². The first kappa shape index (κ1) is 11.9. The Hall–Kier alpha value is -1.53. The van der Waals surface area contributed by atoms with Crippen molar-refractivity contribution in [3.8, 4) is 5.75 Å². The highest BCUT2D eigenvalue weighted by atomic mass is 32.1. The molecule has 0 aliphatic rings. The number of benzene rings is 1. The van der Waals surface area contributed by atoms with Crippen LogP contribution in [-0.2, 0) is 6.42 Å². The molecule has 0 amide bonds. The molecule has 0 saturated heterocycles. The molecule has 17 heavy (non-hydrogen) atoms. The smallest absolute Gasteiger partial charge is 0.168 e. The molecule has 0 saturated carbocycles. The van der Waals surface area contributed by atoms with Gasteiger partial charge in [-0.05, 0) is 11.6 Å². The van der Waals surface area contributed by atoms with Gasteiger partial charge in [0.2, 0.25) is 0 Å². The Morgan fingerprint density at radius 2 is 2.35 bits per heavy atom. The second kappa shape index (κ2) is 5.20. The van der Waals surface area contributed by atoms with Crippen molar-refractivity contribution in [2.24, 2.45) is 0 Å². The topological polar surface area (TPSA) is 55.2 Å². The first-order valence-corrected chi connectivity index (χ1v) is 5.72. The highest BCUT2D eigenvalue weighted by Gasteiger charge is 2.15. The lowest BCUT2D eigenvalue weighted by Crippen LogP contribution is -2.04. The van der Waals surface area contributed by atoms with Crippen LogP contribution >= 0.6 is 11.7 Å². The first-order valence-electron chi connectivity index (χ1n) is 4.99. The van der Waals surface area contributed by atoms with Crippen LogP contribution in [0.1, 0.15) is 17.4 Å². The standard InChI is InChI=1S/C11H11FN2O2S/c1-16-10-4-2-3-7(11(10)12)5-9(15)8-6-13-17-14-8/h2-4,6,9,15H,5H2,1H3. The zero-order valence-electron chi connectivity index (χ0n) is 9.13. The van der Waals surface area contributed by atoms with Crippen LogP contribution in [0.2, 0.25) is 0 Å². The molecule has 0 aliphatic heterocycles. The number of hydrogen-bond acceptors (Lipinski definition) is 5. The minimum Gasteiger partial charge on any atom is -0.494 e. The van der Waals surface area contributed by atoms with Gasteiger partial charge in [-0.15, -0.1) is 0 Å². The summed E-state index contributed by atoms with van der Waals surface area (Å²) in [6, 6.07) is 4.83. The maximum absolute atomic E-state index is 13.8. The van der Waals surface area contributed by atoms with E-state index in [0.717, 1.165) is 11.7 Å². The zero-order chi connectivity index (χ0) is 12.3. The van der Waals surface area contributed by atoms with E-state index in [1.54, 1.807) is 12.1 Å². The van der Waals surface area contributed by atoms with E-state index in [1.165, 1.54) is 19.4 Å². The summed E-state index contributed by atoms with van der Waals surface area (Å²) in [5.41, 5.74) is 0.849. The molecular formula is C11H11FN2O2S. The molecular weight excluding hydrogens is 243 g/mol. The molecule has 1 atom stereocenters. The van der Waals surface area contributed by atoms with Gasteiger partial charge in [-0.25, -0.2) is 4.39 Å². The normalized spacial score (nSPS) is 12.4. The molecule has 2 rings (SSSR count). The summed E-state index contributed by atoms with van der Waals surface area (Å²) in [6.07, 6.45) is 0.775. The molecule has 1 aromatic carbocycles. The minimum absolute atomic E-state index is 0.147. The summed E-state index contributed by atoms with van der Waals surface area (Å²) in [4.78, 5) is 0. The van der Waals surface area contributed by atoms with Gasteiger partial charge in [0, 0.05) is 6.42 Å². The summed E-state index contributed by atoms with van der Waals surface area (Å²) in [7, 11) is 1.41. The molecule has 0 spiro atoms. The lowest BCUT2D eigenvalue weighted by atomic mass is 10.1. The van der Waals surface area contributed by atoms with Crippen molar-refractivity contribution in [2.45, 2.75) is 12.5 Å². The summed E-state index contributed by atoms with van der Waals surface area (Å²) in [5.74, 6) is -0.275. The Bertz CT molecular complexity index is 490. The van der Waals surface area contributed by atoms with Gasteiger partial charge >= 0.3 is 0 Å². The van der Waals surface area contributed by atoms with E-state index in [9.17, 15) is 9.50 Å². The van der Waals surface area contributed by atoms with Gasteiger partial charge in [0.1, 0.15) is 11.8 Å². The van der Waals surface area contributed by atoms with Crippen LogP contribution in [0.3, 0.4) is 0 Å². The van der Waals surface area contributed by atoms with Crippen molar-refractivity contribution in [3.63, 3.8) is 0 Å². The maximum Gasteiger partial charge on any atom is 0.168 e. The quantitative estimate of drug-likeness (QED) is 0.906. The summed E-state index contributed by atoms with van der Waals surface area (Å²) < 4.78 is 26.4. The van der Waals surface area contributed by atoms with Crippen molar-refractivity contribution < 1.29 is 14.2 Å². The fraction of sp³-hybridized carbons (Fsp3) is 0.273. The van der Waals surface area contributed by atoms with Crippen LogP contribution < -0.4 is 4.74 Å². The van der Waals surface area contributed by atoms with Crippen LogP contribution in [0, 0.1) is 5.82 Å². The average molecular weight is 254 g/mol. The summed E-state index contributed by atoms with van der Waals surface area (Å²) in [5, 5.41) is 9.85. The zero-order valence-corrected chi connectivity index (χ0v) is 9.95. The van der Waals surface area contributed by atoms with Crippen LogP contribution in [0.4, 0.5) is 4.39 Å². The molecule has 1 aromatic heterocycles. The van der Waals surface area contributed by atoms with Crippen molar-refractivity contribution in [1.29, 1.82) is 0 Å². The Morgan fingerprint density at radius 3 is 3.00 bits per heavy atom. The largest absolute Gasteiger partial charge is 0.494 e. The summed E-state index contributed by atoms with van der Waals surface area (Å²) in [6.45, 7) is 0. The van der Waals surface area contributed by atoms with Gasteiger partial charge in [-0.3, -0.25) is 0 Å². The summed E-state index contributed by atoms with van der Waals surface area (Å²) >= 11 is 1.01. The predicted molar refractivity (Wildman–Crippen MR) is 61.5 cm³/mol. The third kappa shape index (κ3) is 2.59. The van der Waals surface area contributed by atoms with Crippen LogP contribution in [0.15, 0.2) is 24.4 Å². The second-order valence-electron chi connectivity index (χ2n) is 3.49. The van der Waals surface area contributed by atoms with Crippen LogP contribution in [-0.4, -0.2) is 21.0 Å². The number of nitrogens with zero attached hydrogens (tertiary/aromatic N) is 2. The average Bonchev–Trinajstić information content (AvgIpc) is 2.85. The Balaban J connectivity index is 2.19. The molecule has 6 heteroatoms. The minimum atomic E-state index is -0.852. The van der Waals surface area contributed by atoms with Crippen molar-refractivity contribution in [3.05, 3.63) is 41.5 Å². The molecule has 2 aromatic rings. The SMILES string of the molecule is COc1cccc(CC(O)c2cnsn2)c1F.